The third-order valence-corrected chi connectivity index (χ3v) is 6.12. The second-order valence-electron chi connectivity index (χ2n) is 7.78. The molecule has 4 rings (SSSR count). The normalized spacial score (nSPS) is 12.5. The fraction of sp³-hybridized carbons (Fsp3) is 0.348. The van der Waals surface area contributed by atoms with Gasteiger partial charge in [0.05, 0.1) is 18.8 Å². The summed E-state index contributed by atoms with van der Waals surface area (Å²) in [4.78, 5) is 29.3. The van der Waals surface area contributed by atoms with Gasteiger partial charge in [-0.25, -0.2) is 15.0 Å². The summed E-state index contributed by atoms with van der Waals surface area (Å²) in [5.41, 5.74) is 1.54. The number of likely N-dealkylation sites (N-methyl/N-ethyl adjacent to an activating group) is 1. The maximum Gasteiger partial charge on any atom is 0.265 e. The van der Waals surface area contributed by atoms with Crippen LogP contribution in [0.3, 0.4) is 0 Å². The van der Waals surface area contributed by atoms with Crippen LogP contribution in [0.2, 0.25) is 0 Å². The smallest absolute Gasteiger partial charge is 0.265 e. The molecule has 0 radical (unpaired) electrons. The lowest BCUT2D eigenvalue weighted by Gasteiger charge is -2.32. The fourth-order valence-electron chi connectivity index (χ4n) is 3.93. The molecule has 172 valence electrons. The lowest BCUT2D eigenvalue weighted by atomic mass is 10.1. The van der Waals surface area contributed by atoms with Crippen molar-refractivity contribution in [1.82, 2.24) is 39.9 Å². The number of hydrogen-bond acceptors (Lipinski definition) is 7. The molecule has 0 saturated heterocycles. The van der Waals surface area contributed by atoms with Crippen LogP contribution >= 0.6 is 15.9 Å². The third-order valence-electron chi connectivity index (χ3n) is 5.59. The van der Waals surface area contributed by atoms with Crippen molar-refractivity contribution in [3.63, 3.8) is 0 Å². The van der Waals surface area contributed by atoms with Crippen LogP contribution in [-0.4, -0.2) is 54.8 Å². The van der Waals surface area contributed by atoms with Gasteiger partial charge in [-0.05, 0) is 37.2 Å². The number of fused-ring (bicyclic) bond motifs is 1. The van der Waals surface area contributed by atoms with E-state index in [1.54, 1.807) is 23.0 Å². The maximum atomic E-state index is 13.4. The molecule has 4 aromatic rings. The number of benzene rings is 1. The van der Waals surface area contributed by atoms with Crippen molar-refractivity contribution in [2.45, 2.75) is 32.5 Å². The van der Waals surface area contributed by atoms with E-state index in [9.17, 15) is 4.79 Å². The molecule has 10 heteroatoms. The molecule has 1 unspecified atom stereocenters. The van der Waals surface area contributed by atoms with E-state index in [0.29, 0.717) is 22.7 Å². The Morgan fingerprint density at radius 1 is 1.21 bits per heavy atom. The van der Waals surface area contributed by atoms with E-state index in [2.05, 4.69) is 65.4 Å². The number of aromatic amines is 1. The Balaban J connectivity index is 1.78. The molecule has 2 N–H and O–H groups in total. The van der Waals surface area contributed by atoms with Gasteiger partial charge in [0.2, 0.25) is 0 Å². The van der Waals surface area contributed by atoms with Crippen LogP contribution in [-0.2, 0) is 13.1 Å². The minimum Gasteiger partial charge on any atom is -0.318 e. The number of nitrogens with zero attached hydrogens (tertiary/aromatic N) is 6. The molecule has 0 spiro atoms. The highest BCUT2D eigenvalue weighted by molar-refractivity contribution is 9.10. The van der Waals surface area contributed by atoms with Crippen molar-refractivity contribution in [3.8, 4) is 0 Å². The minimum absolute atomic E-state index is 0.0916. The van der Waals surface area contributed by atoms with E-state index < -0.39 is 0 Å². The SMILES string of the molecule is CCC(c1nc2[nH]ncc2c(=O)n1Cc1ncccn1)N(CCNC)Cc1ccc(Br)cc1. The number of H-pyrrole nitrogens is 1. The summed E-state index contributed by atoms with van der Waals surface area (Å²) >= 11 is 3.51. The summed E-state index contributed by atoms with van der Waals surface area (Å²) in [6, 6.07) is 9.98. The van der Waals surface area contributed by atoms with E-state index in [1.165, 1.54) is 11.8 Å². The van der Waals surface area contributed by atoms with Gasteiger partial charge in [-0.3, -0.25) is 19.4 Å². The monoisotopic (exact) mass is 510 g/mol. The van der Waals surface area contributed by atoms with Gasteiger partial charge in [-0.15, -0.1) is 0 Å². The van der Waals surface area contributed by atoms with Crippen LogP contribution in [0, 0.1) is 0 Å². The summed E-state index contributed by atoms with van der Waals surface area (Å²) in [6.45, 7) is 4.70. The standard InChI is InChI=1S/C23H27BrN8O/c1-3-19(31(12-11-25-2)14-16-5-7-17(24)8-6-16)22-29-21-18(13-28-30-21)23(33)32(22)15-20-26-9-4-10-27-20/h4-10,13,19,25H,3,11-12,14-15H2,1-2H3,(H,28,30). The van der Waals surface area contributed by atoms with Gasteiger partial charge in [-0.2, -0.15) is 5.10 Å². The predicted molar refractivity (Wildman–Crippen MR) is 131 cm³/mol. The topological polar surface area (TPSA) is 105 Å². The molecule has 0 bridgehead atoms. The zero-order chi connectivity index (χ0) is 23.2. The highest BCUT2D eigenvalue weighted by atomic mass is 79.9. The summed E-state index contributed by atoms with van der Waals surface area (Å²) in [6.07, 6.45) is 5.67. The molecule has 3 heterocycles. The minimum atomic E-state index is -0.146. The zero-order valence-electron chi connectivity index (χ0n) is 18.7. The second-order valence-corrected chi connectivity index (χ2v) is 8.70. The first-order valence-corrected chi connectivity index (χ1v) is 11.7. The fourth-order valence-corrected chi connectivity index (χ4v) is 4.20. The summed E-state index contributed by atoms with van der Waals surface area (Å²) < 4.78 is 2.73. The van der Waals surface area contributed by atoms with E-state index >= 15 is 0 Å². The molecule has 0 aliphatic rings. The Bertz CT molecular complexity index is 1240. The number of aromatic nitrogens is 6. The largest absolute Gasteiger partial charge is 0.318 e. The first-order chi connectivity index (χ1) is 16.1. The highest BCUT2D eigenvalue weighted by Crippen LogP contribution is 2.26. The van der Waals surface area contributed by atoms with E-state index in [0.717, 1.165) is 30.5 Å². The van der Waals surface area contributed by atoms with Crippen LogP contribution in [0.1, 0.15) is 36.6 Å². The number of rotatable bonds is 10. The number of halogens is 1. The van der Waals surface area contributed by atoms with Gasteiger partial charge >= 0.3 is 0 Å². The molecule has 0 aliphatic heterocycles. The number of nitrogens with one attached hydrogen (secondary N) is 2. The first kappa shape index (κ1) is 23.2. The third kappa shape index (κ3) is 5.35. The summed E-state index contributed by atoms with van der Waals surface area (Å²) in [5.74, 6) is 1.25. The Kier molecular flexibility index (Phi) is 7.58. The molecule has 33 heavy (non-hydrogen) atoms. The second kappa shape index (κ2) is 10.8. The van der Waals surface area contributed by atoms with Crippen molar-refractivity contribution < 1.29 is 0 Å². The average molecular weight is 511 g/mol. The lowest BCUT2D eigenvalue weighted by Crippen LogP contribution is -2.38. The van der Waals surface area contributed by atoms with Gasteiger partial charge in [0.25, 0.3) is 5.56 Å². The molecule has 1 atom stereocenters. The van der Waals surface area contributed by atoms with Crippen molar-refractivity contribution in [2.75, 3.05) is 20.1 Å². The van der Waals surface area contributed by atoms with Gasteiger partial charge in [0.1, 0.15) is 17.0 Å². The van der Waals surface area contributed by atoms with Gasteiger partial charge in [-0.1, -0.05) is 35.0 Å². The van der Waals surface area contributed by atoms with Crippen molar-refractivity contribution in [2.24, 2.45) is 0 Å². The molecule has 9 nitrogen and oxygen atoms in total. The van der Waals surface area contributed by atoms with Gasteiger partial charge in [0, 0.05) is 36.5 Å². The van der Waals surface area contributed by atoms with E-state index in [1.807, 2.05) is 19.2 Å². The van der Waals surface area contributed by atoms with E-state index in [4.69, 9.17) is 4.98 Å². The number of hydrogen-bond donors (Lipinski definition) is 2. The molecule has 3 aromatic heterocycles. The molecular weight excluding hydrogens is 484 g/mol. The maximum absolute atomic E-state index is 13.4. The van der Waals surface area contributed by atoms with Gasteiger partial charge < -0.3 is 5.32 Å². The average Bonchev–Trinajstić information content (AvgIpc) is 3.31. The van der Waals surface area contributed by atoms with Crippen molar-refractivity contribution in [1.29, 1.82) is 0 Å². The van der Waals surface area contributed by atoms with Gasteiger partial charge in [0.15, 0.2) is 5.65 Å². The van der Waals surface area contributed by atoms with Crippen LogP contribution in [0.4, 0.5) is 0 Å². The zero-order valence-corrected chi connectivity index (χ0v) is 20.3. The first-order valence-electron chi connectivity index (χ1n) is 10.9. The van der Waals surface area contributed by atoms with Crippen LogP contribution in [0.15, 0.2) is 58.2 Å². The molecule has 0 aliphatic carbocycles. The van der Waals surface area contributed by atoms with Crippen LogP contribution in [0.25, 0.3) is 11.0 Å². The van der Waals surface area contributed by atoms with Crippen LogP contribution < -0.4 is 10.9 Å². The molecule has 1 aromatic carbocycles. The molecular formula is C23H27BrN8O. The van der Waals surface area contributed by atoms with E-state index in [-0.39, 0.29) is 18.1 Å². The quantitative estimate of drug-likeness (QED) is 0.338. The Morgan fingerprint density at radius 3 is 2.67 bits per heavy atom. The lowest BCUT2D eigenvalue weighted by molar-refractivity contribution is 0.172. The molecule has 0 saturated carbocycles. The Morgan fingerprint density at radius 2 is 1.97 bits per heavy atom. The Labute approximate surface area is 200 Å². The molecule has 0 fully saturated rings. The predicted octanol–water partition coefficient (Wildman–Crippen LogP) is 2.89. The molecule has 0 amide bonds. The Hall–Kier alpha value is -2.95. The van der Waals surface area contributed by atoms with Crippen LogP contribution in [0.5, 0.6) is 0 Å². The van der Waals surface area contributed by atoms with Crippen molar-refractivity contribution >= 4 is 27.0 Å². The highest BCUT2D eigenvalue weighted by Gasteiger charge is 2.26. The summed E-state index contributed by atoms with van der Waals surface area (Å²) in [7, 11) is 1.94. The van der Waals surface area contributed by atoms with Crippen molar-refractivity contribution in [3.05, 3.63) is 81.0 Å². The summed E-state index contributed by atoms with van der Waals surface area (Å²) in [5, 5.41) is 10.6.